The van der Waals surface area contributed by atoms with Crippen LogP contribution in [-0.4, -0.2) is 48.7 Å². The molecule has 0 aliphatic carbocycles. The summed E-state index contributed by atoms with van der Waals surface area (Å²) >= 11 is 0. The summed E-state index contributed by atoms with van der Waals surface area (Å²) in [6.45, 7) is 5.40. The number of carbonyl (C=O) groups is 2. The Hall–Kier alpha value is -1.36. The fourth-order valence-electron chi connectivity index (χ4n) is 3.58. The third-order valence-electron chi connectivity index (χ3n) is 4.24. The van der Waals surface area contributed by atoms with Crippen LogP contribution in [-0.2, 0) is 19.1 Å². The molecule has 104 valence electrons. The zero-order valence-electron chi connectivity index (χ0n) is 11.5. The molecule has 0 radical (unpaired) electrons. The first-order chi connectivity index (χ1) is 8.98. The lowest BCUT2D eigenvalue weighted by atomic mass is 9.77. The molecule has 5 heteroatoms. The van der Waals surface area contributed by atoms with Crippen LogP contribution in [0.1, 0.15) is 13.8 Å². The van der Waals surface area contributed by atoms with Gasteiger partial charge in [0.25, 0.3) is 0 Å². The van der Waals surface area contributed by atoms with Crippen molar-refractivity contribution in [2.75, 3.05) is 20.2 Å². The lowest BCUT2D eigenvalue weighted by molar-refractivity contribution is -0.151. The second-order valence-corrected chi connectivity index (χ2v) is 6.04. The largest absolute Gasteiger partial charge is 0.469 e. The maximum atomic E-state index is 12.5. The van der Waals surface area contributed by atoms with Crippen LogP contribution >= 0.6 is 0 Å². The topological polar surface area (TPSA) is 55.8 Å². The van der Waals surface area contributed by atoms with E-state index in [0.29, 0.717) is 19.0 Å². The molecule has 4 atom stereocenters. The van der Waals surface area contributed by atoms with Gasteiger partial charge in [-0.1, -0.05) is 26.0 Å². The number of esters is 1. The van der Waals surface area contributed by atoms with Crippen LogP contribution in [0.2, 0.25) is 0 Å². The number of rotatable bonds is 3. The normalized spacial score (nSPS) is 39.3. The molecule has 1 amide bonds. The summed E-state index contributed by atoms with van der Waals surface area (Å²) in [6.07, 6.45) is 3.55. The highest BCUT2D eigenvalue weighted by Gasteiger charge is 2.67. The maximum absolute atomic E-state index is 12.5. The number of carbonyl (C=O) groups excluding carboxylic acids is 2. The Labute approximate surface area is 112 Å². The maximum Gasteiger partial charge on any atom is 0.312 e. The average molecular weight is 265 g/mol. The fraction of sp³-hybridized carbons (Fsp3) is 0.714. The van der Waals surface area contributed by atoms with Gasteiger partial charge in [-0.05, 0) is 5.92 Å². The monoisotopic (exact) mass is 265 g/mol. The van der Waals surface area contributed by atoms with E-state index >= 15 is 0 Å². The minimum absolute atomic E-state index is 0.0240. The molecule has 3 heterocycles. The molecule has 19 heavy (non-hydrogen) atoms. The van der Waals surface area contributed by atoms with Crippen LogP contribution in [0.4, 0.5) is 0 Å². The summed E-state index contributed by atoms with van der Waals surface area (Å²) in [5.41, 5.74) is -0.602. The van der Waals surface area contributed by atoms with Crippen molar-refractivity contribution in [3.63, 3.8) is 0 Å². The van der Waals surface area contributed by atoms with Gasteiger partial charge in [0.05, 0.1) is 25.7 Å². The second kappa shape index (κ2) is 4.07. The van der Waals surface area contributed by atoms with Crippen molar-refractivity contribution >= 4 is 11.9 Å². The van der Waals surface area contributed by atoms with E-state index < -0.39 is 17.4 Å². The predicted octanol–water partition coefficient (Wildman–Crippen LogP) is 0.597. The molecule has 0 aromatic carbocycles. The summed E-state index contributed by atoms with van der Waals surface area (Å²) in [4.78, 5) is 26.3. The Morgan fingerprint density at radius 1 is 1.63 bits per heavy atom. The summed E-state index contributed by atoms with van der Waals surface area (Å²) in [5, 5.41) is 0. The third-order valence-corrected chi connectivity index (χ3v) is 4.24. The SMILES string of the molecule is COC(=O)[C@@H]1[C@@H]2C=C[C@@]3(CN(CC(C)C)C(=O)[C@@H]13)O2. The highest BCUT2D eigenvalue weighted by atomic mass is 16.5. The van der Waals surface area contributed by atoms with E-state index in [1.807, 2.05) is 17.1 Å². The molecule has 3 aliphatic heterocycles. The van der Waals surface area contributed by atoms with Crippen LogP contribution in [0.15, 0.2) is 12.2 Å². The van der Waals surface area contributed by atoms with Gasteiger partial charge >= 0.3 is 5.97 Å². The molecule has 2 saturated heterocycles. The van der Waals surface area contributed by atoms with Crippen molar-refractivity contribution in [2.45, 2.75) is 25.6 Å². The van der Waals surface area contributed by atoms with Crippen LogP contribution < -0.4 is 0 Å². The Balaban J connectivity index is 1.90. The summed E-state index contributed by atoms with van der Waals surface area (Å²) in [7, 11) is 1.36. The number of ether oxygens (including phenoxy) is 2. The lowest BCUT2D eigenvalue weighted by Gasteiger charge is -2.22. The Morgan fingerprint density at radius 3 is 3.00 bits per heavy atom. The molecule has 0 aromatic rings. The van der Waals surface area contributed by atoms with Crippen molar-refractivity contribution in [1.29, 1.82) is 0 Å². The summed E-state index contributed by atoms with van der Waals surface area (Å²) in [6, 6.07) is 0. The van der Waals surface area contributed by atoms with E-state index in [1.165, 1.54) is 7.11 Å². The van der Waals surface area contributed by atoms with Crippen molar-refractivity contribution in [2.24, 2.45) is 17.8 Å². The average Bonchev–Trinajstić information content (AvgIpc) is 2.97. The molecule has 3 aliphatic rings. The smallest absolute Gasteiger partial charge is 0.312 e. The van der Waals surface area contributed by atoms with E-state index in [0.717, 1.165) is 0 Å². The zero-order valence-corrected chi connectivity index (χ0v) is 11.5. The quantitative estimate of drug-likeness (QED) is 0.554. The van der Waals surface area contributed by atoms with E-state index in [9.17, 15) is 9.59 Å². The van der Waals surface area contributed by atoms with Gasteiger partial charge in [0.2, 0.25) is 5.91 Å². The first-order valence-electron chi connectivity index (χ1n) is 6.72. The first kappa shape index (κ1) is 12.7. The van der Waals surface area contributed by atoms with Crippen LogP contribution in [0.5, 0.6) is 0 Å². The minimum Gasteiger partial charge on any atom is -0.469 e. The Bertz CT molecular complexity index is 458. The number of amides is 1. The number of hydrogen-bond acceptors (Lipinski definition) is 4. The van der Waals surface area contributed by atoms with Gasteiger partial charge in [0.1, 0.15) is 11.5 Å². The molecule has 0 saturated carbocycles. The number of likely N-dealkylation sites (tertiary alicyclic amines) is 1. The molecule has 2 bridgehead atoms. The van der Waals surface area contributed by atoms with E-state index in [2.05, 4.69) is 13.8 Å². The van der Waals surface area contributed by atoms with E-state index in [4.69, 9.17) is 9.47 Å². The number of methoxy groups -OCH3 is 1. The number of hydrogen-bond donors (Lipinski definition) is 0. The molecule has 3 rings (SSSR count). The zero-order chi connectivity index (χ0) is 13.8. The van der Waals surface area contributed by atoms with Crippen LogP contribution in [0.3, 0.4) is 0 Å². The fourth-order valence-corrected chi connectivity index (χ4v) is 3.58. The third kappa shape index (κ3) is 1.64. The molecule has 0 aromatic heterocycles. The van der Waals surface area contributed by atoms with Crippen LogP contribution in [0.25, 0.3) is 0 Å². The Morgan fingerprint density at radius 2 is 2.37 bits per heavy atom. The van der Waals surface area contributed by atoms with Gasteiger partial charge in [-0.2, -0.15) is 0 Å². The van der Waals surface area contributed by atoms with Gasteiger partial charge in [0.15, 0.2) is 0 Å². The van der Waals surface area contributed by atoms with Gasteiger partial charge < -0.3 is 14.4 Å². The number of nitrogens with zero attached hydrogens (tertiary/aromatic N) is 1. The van der Waals surface area contributed by atoms with Crippen molar-refractivity contribution < 1.29 is 19.1 Å². The van der Waals surface area contributed by atoms with Gasteiger partial charge in [-0.25, -0.2) is 0 Å². The van der Waals surface area contributed by atoms with Crippen LogP contribution in [0, 0.1) is 17.8 Å². The van der Waals surface area contributed by atoms with Gasteiger partial charge in [-0.15, -0.1) is 0 Å². The van der Waals surface area contributed by atoms with Crippen molar-refractivity contribution in [1.82, 2.24) is 4.90 Å². The summed E-state index contributed by atoms with van der Waals surface area (Å²) in [5.74, 6) is -0.817. The number of fused-ring (bicyclic) bond motifs is 1. The van der Waals surface area contributed by atoms with Crippen molar-refractivity contribution in [3.05, 3.63) is 12.2 Å². The van der Waals surface area contributed by atoms with E-state index in [1.54, 1.807) is 0 Å². The molecule has 0 N–H and O–H groups in total. The highest BCUT2D eigenvalue weighted by Crippen LogP contribution is 2.52. The standard InChI is InChI=1S/C14H19NO4/c1-8(2)6-15-7-14-5-4-9(19-14)10(13(17)18-3)11(14)12(15)16/h4-5,8-11H,6-7H2,1-3H3/t9-,10+,11+,14-/m0/s1. The second-order valence-electron chi connectivity index (χ2n) is 6.04. The molecule has 2 fully saturated rings. The van der Waals surface area contributed by atoms with Gasteiger partial charge in [-0.3, -0.25) is 9.59 Å². The predicted molar refractivity (Wildman–Crippen MR) is 67.2 cm³/mol. The highest BCUT2D eigenvalue weighted by molar-refractivity contribution is 5.91. The Kier molecular flexibility index (Phi) is 2.71. The summed E-state index contributed by atoms with van der Waals surface area (Å²) < 4.78 is 10.8. The van der Waals surface area contributed by atoms with Gasteiger partial charge in [0, 0.05) is 6.54 Å². The minimum atomic E-state index is -0.602. The molecule has 0 unspecified atom stereocenters. The van der Waals surface area contributed by atoms with E-state index in [-0.39, 0.29) is 18.0 Å². The molecular formula is C14H19NO4. The molecule has 1 spiro atoms. The first-order valence-corrected chi connectivity index (χ1v) is 6.72. The molecular weight excluding hydrogens is 246 g/mol. The molecule has 5 nitrogen and oxygen atoms in total. The lowest BCUT2D eigenvalue weighted by Crippen LogP contribution is -2.39. The van der Waals surface area contributed by atoms with Crippen molar-refractivity contribution in [3.8, 4) is 0 Å².